The van der Waals surface area contributed by atoms with Crippen LogP contribution in [0.4, 0.5) is 5.82 Å². The van der Waals surface area contributed by atoms with Crippen LogP contribution < -0.4 is 5.32 Å². The van der Waals surface area contributed by atoms with Gasteiger partial charge in [0, 0.05) is 18.8 Å². The van der Waals surface area contributed by atoms with Crippen molar-refractivity contribution in [2.75, 3.05) is 25.0 Å². The van der Waals surface area contributed by atoms with Crippen LogP contribution in [0.2, 0.25) is 0 Å². The number of pyridine rings is 1. The van der Waals surface area contributed by atoms with Gasteiger partial charge in [-0.05, 0) is 38.3 Å². The number of carbonyl (C=O) groups excluding carboxylic acids is 1. The fourth-order valence-electron chi connectivity index (χ4n) is 2.34. The van der Waals surface area contributed by atoms with E-state index >= 15 is 0 Å². The van der Waals surface area contributed by atoms with Gasteiger partial charge < -0.3 is 10.2 Å². The fraction of sp³-hybridized carbons (Fsp3) is 0.500. The number of aryl methyl sites for hydroxylation is 2. The van der Waals surface area contributed by atoms with E-state index < -0.39 is 0 Å². The summed E-state index contributed by atoms with van der Waals surface area (Å²) in [6.07, 6.45) is 2.16. The molecule has 5 heteroatoms. The molecule has 1 amide bonds. The van der Waals surface area contributed by atoms with E-state index in [4.69, 9.17) is 5.26 Å². The van der Waals surface area contributed by atoms with Crippen LogP contribution in [0.3, 0.4) is 0 Å². The molecule has 0 spiro atoms. The SMILES string of the molecule is Cc1cc(C)c(C#N)c(NCC(=O)N2CCCC2)n1. The summed E-state index contributed by atoms with van der Waals surface area (Å²) in [5.74, 6) is 0.579. The summed E-state index contributed by atoms with van der Waals surface area (Å²) in [4.78, 5) is 18.1. The number of nitrogens with one attached hydrogen (secondary N) is 1. The van der Waals surface area contributed by atoms with Gasteiger partial charge in [0.2, 0.25) is 5.91 Å². The standard InChI is InChI=1S/C14H18N4O/c1-10-7-11(2)17-14(12(10)8-15)16-9-13(19)18-5-3-4-6-18/h7H,3-6,9H2,1-2H3,(H,16,17). The van der Waals surface area contributed by atoms with Crippen molar-refractivity contribution in [3.05, 3.63) is 22.9 Å². The second kappa shape index (κ2) is 5.70. The Morgan fingerprint density at radius 2 is 2.16 bits per heavy atom. The Bertz CT molecular complexity index is 527. The van der Waals surface area contributed by atoms with Crippen molar-refractivity contribution in [3.8, 4) is 6.07 Å². The minimum absolute atomic E-state index is 0.0716. The lowest BCUT2D eigenvalue weighted by atomic mass is 10.1. The number of carbonyl (C=O) groups is 1. The Morgan fingerprint density at radius 1 is 1.47 bits per heavy atom. The van der Waals surface area contributed by atoms with Gasteiger partial charge in [0.05, 0.1) is 12.1 Å². The van der Waals surface area contributed by atoms with Crippen molar-refractivity contribution in [2.24, 2.45) is 0 Å². The zero-order valence-corrected chi connectivity index (χ0v) is 11.4. The van der Waals surface area contributed by atoms with E-state index in [0.29, 0.717) is 11.4 Å². The molecule has 0 atom stereocenters. The monoisotopic (exact) mass is 258 g/mol. The molecule has 1 N–H and O–H groups in total. The van der Waals surface area contributed by atoms with Crippen LogP contribution >= 0.6 is 0 Å². The number of anilines is 1. The third-order valence-corrected chi connectivity index (χ3v) is 3.32. The molecule has 0 aliphatic carbocycles. The molecule has 19 heavy (non-hydrogen) atoms. The van der Waals surface area contributed by atoms with Crippen LogP contribution in [0.15, 0.2) is 6.07 Å². The van der Waals surface area contributed by atoms with Gasteiger partial charge in [-0.25, -0.2) is 4.98 Å². The van der Waals surface area contributed by atoms with E-state index in [0.717, 1.165) is 37.2 Å². The van der Waals surface area contributed by atoms with Crippen LogP contribution in [0.1, 0.15) is 29.7 Å². The molecular weight excluding hydrogens is 240 g/mol. The van der Waals surface area contributed by atoms with Crippen LogP contribution in [0.5, 0.6) is 0 Å². The van der Waals surface area contributed by atoms with Crippen molar-refractivity contribution >= 4 is 11.7 Å². The molecule has 1 aliphatic rings. The van der Waals surface area contributed by atoms with Gasteiger partial charge in [0.1, 0.15) is 11.9 Å². The summed E-state index contributed by atoms with van der Waals surface area (Å²) < 4.78 is 0. The fourth-order valence-corrected chi connectivity index (χ4v) is 2.34. The predicted molar refractivity (Wildman–Crippen MR) is 72.7 cm³/mol. The van der Waals surface area contributed by atoms with Crippen LogP contribution in [0.25, 0.3) is 0 Å². The average Bonchev–Trinajstić information content (AvgIpc) is 2.89. The number of nitriles is 1. The van der Waals surface area contributed by atoms with Gasteiger partial charge in [-0.1, -0.05) is 0 Å². The highest BCUT2D eigenvalue weighted by Crippen LogP contribution is 2.17. The Morgan fingerprint density at radius 3 is 2.79 bits per heavy atom. The Kier molecular flexibility index (Phi) is 4.00. The normalized spacial score (nSPS) is 14.3. The Hall–Kier alpha value is -2.09. The van der Waals surface area contributed by atoms with E-state index in [1.165, 1.54) is 0 Å². The zero-order chi connectivity index (χ0) is 13.8. The third-order valence-electron chi connectivity index (χ3n) is 3.32. The Labute approximate surface area is 113 Å². The molecule has 0 radical (unpaired) electrons. The van der Waals surface area contributed by atoms with Crippen LogP contribution in [0, 0.1) is 25.2 Å². The summed E-state index contributed by atoms with van der Waals surface area (Å²) in [5, 5.41) is 12.1. The minimum atomic E-state index is 0.0716. The van der Waals surface area contributed by atoms with E-state index in [2.05, 4.69) is 16.4 Å². The molecule has 5 nitrogen and oxygen atoms in total. The lowest BCUT2D eigenvalue weighted by molar-refractivity contribution is -0.128. The second-order valence-electron chi connectivity index (χ2n) is 4.86. The lowest BCUT2D eigenvalue weighted by Crippen LogP contribution is -2.33. The number of likely N-dealkylation sites (tertiary alicyclic amines) is 1. The number of amides is 1. The Balaban J connectivity index is 2.07. The first-order valence-electron chi connectivity index (χ1n) is 6.52. The minimum Gasteiger partial charge on any atom is -0.360 e. The maximum absolute atomic E-state index is 11.9. The summed E-state index contributed by atoms with van der Waals surface area (Å²) in [6, 6.07) is 4.00. The number of rotatable bonds is 3. The van der Waals surface area contributed by atoms with Crippen molar-refractivity contribution < 1.29 is 4.79 Å². The highest BCUT2D eigenvalue weighted by molar-refractivity contribution is 5.81. The van der Waals surface area contributed by atoms with Gasteiger partial charge in [0.15, 0.2) is 0 Å². The quantitative estimate of drug-likeness (QED) is 0.894. The topological polar surface area (TPSA) is 69.0 Å². The van der Waals surface area contributed by atoms with Gasteiger partial charge in [-0.2, -0.15) is 5.26 Å². The third kappa shape index (κ3) is 3.02. The molecule has 1 saturated heterocycles. The van der Waals surface area contributed by atoms with E-state index in [1.807, 2.05) is 24.8 Å². The molecule has 1 fully saturated rings. The van der Waals surface area contributed by atoms with Crippen LogP contribution in [-0.4, -0.2) is 35.4 Å². The molecule has 2 rings (SSSR count). The molecule has 1 aromatic rings. The smallest absolute Gasteiger partial charge is 0.241 e. The van der Waals surface area contributed by atoms with Crippen molar-refractivity contribution in [3.63, 3.8) is 0 Å². The molecule has 1 aliphatic heterocycles. The summed E-state index contributed by atoms with van der Waals surface area (Å²) in [5.41, 5.74) is 2.23. The van der Waals surface area contributed by atoms with E-state index in [1.54, 1.807) is 0 Å². The van der Waals surface area contributed by atoms with Gasteiger partial charge in [-0.15, -0.1) is 0 Å². The number of hydrogen-bond acceptors (Lipinski definition) is 4. The van der Waals surface area contributed by atoms with Gasteiger partial charge >= 0.3 is 0 Å². The molecule has 2 heterocycles. The van der Waals surface area contributed by atoms with Crippen LogP contribution in [-0.2, 0) is 4.79 Å². The first-order chi connectivity index (χ1) is 9.11. The molecule has 0 bridgehead atoms. The number of nitrogens with zero attached hydrogens (tertiary/aromatic N) is 3. The highest BCUT2D eigenvalue weighted by Gasteiger charge is 2.18. The molecule has 0 aromatic carbocycles. The lowest BCUT2D eigenvalue weighted by Gasteiger charge is -2.16. The maximum Gasteiger partial charge on any atom is 0.241 e. The molecular formula is C14H18N4O. The molecule has 0 unspecified atom stereocenters. The van der Waals surface area contributed by atoms with Crippen molar-refractivity contribution in [1.29, 1.82) is 5.26 Å². The van der Waals surface area contributed by atoms with Crippen molar-refractivity contribution in [2.45, 2.75) is 26.7 Å². The first-order valence-corrected chi connectivity index (χ1v) is 6.52. The molecule has 1 aromatic heterocycles. The number of aromatic nitrogens is 1. The zero-order valence-electron chi connectivity index (χ0n) is 11.4. The molecule has 100 valence electrons. The average molecular weight is 258 g/mol. The van der Waals surface area contributed by atoms with Crippen molar-refractivity contribution in [1.82, 2.24) is 9.88 Å². The first kappa shape index (κ1) is 13.3. The van der Waals surface area contributed by atoms with Gasteiger partial charge in [-0.3, -0.25) is 4.79 Å². The predicted octanol–water partition coefficient (Wildman–Crippen LogP) is 1.60. The number of hydrogen-bond donors (Lipinski definition) is 1. The highest BCUT2D eigenvalue weighted by atomic mass is 16.2. The van der Waals surface area contributed by atoms with Gasteiger partial charge in [0.25, 0.3) is 0 Å². The summed E-state index contributed by atoms with van der Waals surface area (Å²) >= 11 is 0. The van der Waals surface area contributed by atoms with E-state index in [-0.39, 0.29) is 12.5 Å². The second-order valence-corrected chi connectivity index (χ2v) is 4.86. The largest absolute Gasteiger partial charge is 0.360 e. The maximum atomic E-state index is 11.9. The van der Waals surface area contributed by atoms with E-state index in [9.17, 15) is 4.79 Å². The molecule has 0 saturated carbocycles. The summed E-state index contributed by atoms with van der Waals surface area (Å²) in [6.45, 7) is 5.63. The summed E-state index contributed by atoms with van der Waals surface area (Å²) in [7, 11) is 0.